The van der Waals surface area contributed by atoms with E-state index in [1.54, 1.807) is 0 Å². The number of hydrogen-bond acceptors (Lipinski definition) is 2. The first kappa shape index (κ1) is 28.5. The molecule has 0 bridgehead atoms. The summed E-state index contributed by atoms with van der Waals surface area (Å²) < 4.78 is 0. The van der Waals surface area contributed by atoms with Gasteiger partial charge < -0.3 is 10.6 Å². The third-order valence-electron chi connectivity index (χ3n) is 9.75. The Kier molecular flexibility index (Phi) is 7.81. The van der Waals surface area contributed by atoms with E-state index in [1.807, 2.05) is 6.08 Å². The quantitative estimate of drug-likeness (QED) is 0.149. The highest BCUT2D eigenvalue weighted by Gasteiger charge is 2.33. The van der Waals surface area contributed by atoms with Crippen molar-refractivity contribution in [1.82, 2.24) is 5.32 Å². The van der Waals surface area contributed by atoms with E-state index in [4.69, 9.17) is 0 Å². The molecule has 1 fully saturated rings. The van der Waals surface area contributed by atoms with Crippen LogP contribution in [0.5, 0.6) is 0 Å². The minimum Gasteiger partial charge on any atom is -0.376 e. The summed E-state index contributed by atoms with van der Waals surface area (Å²) in [4.78, 5) is 0. The largest absolute Gasteiger partial charge is 0.376 e. The fourth-order valence-electron chi connectivity index (χ4n) is 7.56. The van der Waals surface area contributed by atoms with Gasteiger partial charge in [0.15, 0.2) is 5.22 Å². The minimum atomic E-state index is 0.0891. The van der Waals surface area contributed by atoms with Gasteiger partial charge in [-0.2, -0.15) is 0 Å². The van der Waals surface area contributed by atoms with Gasteiger partial charge in [0.25, 0.3) is 0 Å². The average molecular weight is 576 g/mol. The SMILES string of the molecule is CC(C)c1cccc(C(C)C)c1NC(c1cc2ccccc2c2ccccc12)C1CCCC(c2cccc3c2=CC=C[C+]=3)N1. The lowest BCUT2D eigenvalue weighted by atomic mass is 9.83. The number of piperidine rings is 1. The number of benzene rings is 5. The van der Waals surface area contributed by atoms with Crippen molar-refractivity contribution in [2.75, 3.05) is 5.32 Å². The van der Waals surface area contributed by atoms with E-state index in [1.165, 1.54) is 66.3 Å². The zero-order chi connectivity index (χ0) is 30.2. The van der Waals surface area contributed by atoms with Crippen LogP contribution in [0.1, 0.15) is 93.1 Å². The molecule has 1 aliphatic heterocycles. The summed E-state index contributed by atoms with van der Waals surface area (Å²) in [7, 11) is 0. The zero-order valence-corrected chi connectivity index (χ0v) is 26.4. The number of hydrogen-bond donors (Lipinski definition) is 2. The molecule has 0 amide bonds. The Labute approximate surface area is 262 Å². The van der Waals surface area contributed by atoms with Crippen LogP contribution in [-0.2, 0) is 0 Å². The maximum absolute atomic E-state index is 4.26. The highest BCUT2D eigenvalue weighted by molar-refractivity contribution is 6.09. The molecule has 1 saturated heterocycles. The smallest absolute Gasteiger partial charge is 0.155 e. The zero-order valence-electron chi connectivity index (χ0n) is 26.4. The van der Waals surface area contributed by atoms with Crippen LogP contribution in [0.3, 0.4) is 0 Å². The van der Waals surface area contributed by atoms with E-state index >= 15 is 0 Å². The van der Waals surface area contributed by atoms with Crippen molar-refractivity contribution in [3.05, 3.63) is 136 Å². The predicted molar refractivity (Wildman–Crippen MR) is 189 cm³/mol. The maximum atomic E-state index is 4.26. The summed E-state index contributed by atoms with van der Waals surface area (Å²) in [5, 5.41) is 16.2. The van der Waals surface area contributed by atoms with Crippen molar-refractivity contribution < 1.29 is 0 Å². The molecule has 0 spiro atoms. The predicted octanol–water partition coefficient (Wildman–Crippen LogP) is 9.28. The molecule has 44 heavy (non-hydrogen) atoms. The molecule has 220 valence electrons. The van der Waals surface area contributed by atoms with Crippen molar-refractivity contribution in [2.45, 2.75) is 76.9 Å². The van der Waals surface area contributed by atoms with Gasteiger partial charge in [0.05, 0.1) is 17.3 Å². The van der Waals surface area contributed by atoms with Gasteiger partial charge in [-0.1, -0.05) is 94.4 Å². The summed E-state index contributed by atoms with van der Waals surface area (Å²) in [6.07, 6.45) is 13.3. The Hall–Kier alpha value is -4.23. The molecule has 3 atom stereocenters. The highest BCUT2D eigenvalue weighted by atomic mass is 15.1. The monoisotopic (exact) mass is 575 g/mol. The van der Waals surface area contributed by atoms with Crippen molar-refractivity contribution in [1.29, 1.82) is 0 Å². The molecule has 5 aromatic rings. The van der Waals surface area contributed by atoms with E-state index in [0.717, 1.165) is 12.8 Å². The molecule has 5 aromatic carbocycles. The molecule has 2 heteroatoms. The summed E-state index contributed by atoms with van der Waals surface area (Å²) in [6, 6.07) is 34.5. The van der Waals surface area contributed by atoms with Gasteiger partial charge in [0.1, 0.15) is 0 Å². The van der Waals surface area contributed by atoms with E-state index in [-0.39, 0.29) is 18.1 Å². The number of anilines is 1. The molecule has 7 rings (SSSR count). The Balaban J connectivity index is 1.40. The molecule has 0 aromatic heterocycles. The Morgan fingerprint density at radius 2 is 1.43 bits per heavy atom. The van der Waals surface area contributed by atoms with Crippen LogP contribution < -0.4 is 21.1 Å². The van der Waals surface area contributed by atoms with Gasteiger partial charge in [-0.15, -0.1) is 0 Å². The molecular weight excluding hydrogens is 532 g/mol. The molecular formula is C42H43N2+. The Morgan fingerprint density at radius 3 is 2.20 bits per heavy atom. The molecule has 3 unspecified atom stereocenters. The maximum Gasteiger partial charge on any atom is 0.155 e. The fourth-order valence-corrected chi connectivity index (χ4v) is 7.56. The van der Waals surface area contributed by atoms with Crippen molar-refractivity contribution in [3.63, 3.8) is 0 Å². The molecule has 1 heterocycles. The van der Waals surface area contributed by atoms with Gasteiger partial charge in [-0.05, 0) is 87.5 Å². The van der Waals surface area contributed by atoms with Crippen LogP contribution in [-0.4, -0.2) is 6.04 Å². The van der Waals surface area contributed by atoms with Crippen molar-refractivity contribution in [3.8, 4) is 0 Å². The molecule has 1 aliphatic carbocycles. The number of rotatable bonds is 7. The number of para-hydroxylation sites is 1. The molecule has 2 nitrogen and oxygen atoms in total. The summed E-state index contributed by atoms with van der Waals surface area (Å²) in [5.41, 5.74) is 6.85. The standard InChI is InChI=1S/C42H43N2/c1-27(2)31-21-12-22-32(28(3)4)41(31)44-42(38-26-30-15-6-8-18-34(30)35-19-9-10-20-36(35)38)40-25-13-24-39(43-40)37-23-11-16-29-14-5-7-17-33(29)37/h5-12,15-23,26-28,39-40,42-44H,13,24-25H2,1-4H3/q+1. The Bertz CT molecular complexity index is 1950. The first-order valence-corrected chi connectivity index (χ1v) is 16.4. The second kappa shape index (κ2) is 12.0. The fraction of sp³-hybridized carbons (Fsp3) is 0.286. The lowest BCUT2D eigenvalue weighted by Gasteiger charge is -2.39. The third kappa shape index (κ3) is 5.23. The van der Waals surface area contributed by atoms with Crippen LogP contribution >= 0.6 is 0 Å². The summed E-state index contributed by atoms with van der Waals surface area (Å²) >= 11 is 0. The van der Waals surface area contributed by atoms with E-state index < -0.39 is 0 Å². The third-order valence-corrected chi connectivity index (χ3v) is 9.75. The Morgan fingerprint density at radius 1 is 0.727 bits per heavy atom. The van der Waals surface area contributed by atoms with Crippen LogP contribution in [0.25, 0.3) is 33.7 Å². The second-order valence-corrected chi connectivity index (χ2v) is 13.2. The second-order valence-electron chi connectivity index (χ2n) is 13.2. The van der Waals surface area contributed by atoms with Crippen molar-refractivity contribution in [2.24, 2.45) is 0 Å². The topological polar surface area (TPSA) is 24.1 Å². The normalized spacial score (nSPS) is 18.5. The lowest BCUT2D eigenvalue weighted by molar-refractivity contribution is 0.299. The van der Waals surface area contributed by atoms with Crippen LogP contribution in [0, 0.1) is 0 Å². The van der Waals surface area contributed by atoms with E-state index in [0.29, 0.717) is 11.8 Å². The van der Waals surface area contributed by atoms with E-state index in [2.05, 4.69) is 148 Å². The first-order chi connectivity index (χ1) is 21.5. The van der Waals surface area contributed by atoms with Gasteiger partial charge in [-0.3, -0.25) is 0 Å². The first-order valence-electron chi connectivity index (χ1n) is 16.4. The van der Waals surface area contributed by atoms with Crippen LogP contribution in [0.15, 0.2) is 103 Å². The summed E-state index contributed by atoms with van der Waals surface area (Å²) in [6.45, 7) is 9.27. The van der Waals surface area contributed by atoms with Crippen LogP contribution in [0.2, 0.25) is 0 Å². The van der Waals surface area contributed by atoms with Gasteiger partial charge in [0, 0.05) is 47.6 Å². The highest BCUT2D eigenvalue weighted by Crippen LogP contribution is 2.41. The van der Waals surface area contributed by atoms with Gasteiger partial charge in [-0.25, -0.2) is 0 Å². The van der Waals surface area contributed by atoms with Crippen LogP contribution in [0.4, 0.5) is 5.69 Å². The molecule has 0 radical (unpaired) electrons. The van der Waals surface area contributed by atoms with Crippen molar-refractivity contribution >= 4 is 39.4 Å². The average Bonchev–Trinajstić information content (AvgIpc) is 3.06. The van der Waals surface area contributed by atoms with Gasteiger partial charge >= 0.3 is 0 Å². The number of nitrogens with one attached hydrogen (secondary N) is 2. The molecule has 2 aliphatic rings. The lowest BCUT2D eigenvalue weighted by Crippen LogP contribution is -2.46. The van der Waals surface area contributed by atoms with E-state index in [9.17, 15) is 0 Å². The number of fused-ring (bicyclic) bond motifs is 4. The van der Waals surface area contributed by atoms with Gasteiger partial charge in [0.2, 0.25) is 0 Å². The summed E-state index contributed by atoms with van der Waals surface area (Å²) in [5.74, 6) is 0.841. The number of allylic oxidation sites excluding steroid dienone is 2. The molecule has 0 saturated carbocycles. The minimum absolute atomic E-state index is 0.0891. The molecule has 2 N–H and O–H groups in total.